The van der Waals surface area contributed by atoms with Crippen LogP contribution in [-0.2, 0) is 13.0 Å². The number of rotatable bonds is 8. The van der Waals surface area contributed by atoms with Gasteiger partial charge in [-0.2, -0.15) is 0 Å². The first kappa shape index (κ1) is 21.7. The summed E-state index contributed by atoms with van der Waals surface area (Å²) in [6, 6.07) is 12.0. The van der Waals surface area contributed by atoms with Crippen molar-refractivity contribution in [3.8, 4) is 0 Å². The molecule has 35 heavy (non-hydrogen) atoms. The van der Waals surface area contributed by atoms with Crippen molar-refractivity contribution in [2.75, 3.05) is 31.5 Å². The van der Waals surface area contributed by atoms with Crippen LogP contribution in [0.4, 0.5) is 5.95 Å². The molecule has 5 aromatic rings. The van der Waals surface area contributed by atoms with Crippen LogP contribution in [0, 0.1) is 5.92 Å². The molecule has 0 atom stereocenters. The maximum Gasteiger partial charge on any atom is 0.201 e. The Labute approximate surface area is 203 Å². The molecule has 0 spiro atoms. The molecular weight excluding hydrogens is 438 g/mol. The average molecular weight is 468 g/mol. The topological polar surface area (TPSA) is 100 Å². The second-order valence-corrected chi connectivity index (χ2v) is 9.18. The number of nitrogens with one attached hydrogen (secondary N) is 2. The summed E-state index contributed by atoms with van der Waals surface area (Å²) >= 11 is 0. The monoisotopic (exact) mass is 467 g/mol. The Hall–Kier alpha value is -3.85. The zero-order valence-electron chi connectivity index (χ0n) is 19.6. The van der Waals surface area contributed by atoms with E-state index in [1.165, 1.54) is 12.8 Å². The molecule has 1 saturated heterocycles. The summed E-state index contributed by atoms with van der Waals surface area (Å²) < 4.78 is 2.25. The van der Waals surface area contributed by atoms with Crippen molar-refractivity contribution >= 4 is 28.1 Å². The van der Waals surface area contributed by atoms with E-state index < -0.39 is 0 Å². The van der Waals surface area contributed by atoms with Gasteiger partial charge in [0.2, 0.25) is 5.95 Å². The molecule has 0 saturated carbocycles. The van der Waals surface area contributed by atoms with Crippen LogP contribution in [0.3, 0.4) is 0 Å². The van der Waals surface area contributed by atoms with Crippen molar-refractivity contribution in [1.29, 1.82) is 0 Å². The van der Waals surface area contributed by atoms with E-state index in [1.54, 1.807) is 12.4 Å². The molecule has 9 nitrogen and oxygen atoms in total. The summed E-state index contributed by atoms with van der Waals surface area (Å²) in [4.78, 5) is 28.6. The van der Waals surface area contributed by atoms with Gasteiger partial charge in [0.25, 0.3) is 0 Å². The predicted octanol–water partition coefficient (Wildman–Crippen LogP) is 3.51. The quantitative estimate of drug-likeness (QED) is 0.360. The van der Waals surface area contributed by atoms with E-state index in [-0.39, 0.29) is 0 Å². The summed E-state index contributed by atoms with van der Waals surface area (Å²) in [5, 5.41) is 3.42. The minimum Gasteiger partial charge on any atom is -0.355 e. The molecule has 0 amide bonds. The zero-order valence-corrected chi connectivity index (χ0v) is 19.6. The van der Waals surface area contributed by atoms with Gasteiger partial charge in [0.1, 0.15) is 16.9 Å². The van der Waals surface area contributed by atoms with E-state index in [1.807, 2.05) is 36.7 Å². The van der Waals surface area contributed by atoms with Crippen molar-refractivity contribution in [3.63, 3.8) is 0 Å². The third-order valence-corrected chi connectivity index (χ3v) is 6.81. The van der Waals surface area contributed by atoms with Gasteiger partial charge in [-0.1, -0.05) is 6.07 Å². The molecule has 0 bridgehead atoms. The van der Waals surface area contributed by atoms with E-state index in [0.717, 1.165) is 72.3 Å². The standard InChI is InChI=1S/C26H29N9/c1-2-9-28-20(4-1)18-35-24(31-22-5-3-10-29-25(22)35)16-19-7-13-34(14-8-19)15-12-30-26-32-21-6-11-27-17-23(21)33-26/h1-6,9-11,17,19H,7-8,12-16,18H2,(H2,30,32,33). The molecular formula is C26H29N9. The van der Waals surface area contributed by atoms with Crippen LogP contribution in [0.5, 0.6) is 0 Å². The lowest BCUT2D eigenvalue weighted by Gasteiger charge is -2.31. The van der Waals surface area contributed by atoms with Crippen LogP contribution < -0.4 is 5.32 Å². The third-order valence-electron chi connectivity index (χ3n) is 6.81. The zero-order chi connectivity index (χ0) is 23.5. The average Bonchev–Trinajstić information content (AvgIpc) is 3.47. The van der Waals surface area contributed by atoms with Crippen LogP contribution in [0.2, 0.25) is 0 Å². The molecule has 178 valence electrons. The lowest BCUT2D eigenvalue weighted by molar-refractivity contribution is 0.188. The molecule has 0 aromatic carbocycles. The number of aromatic nitrogens is 7. The fourth-order valence-corrected chi connectivity index (χ4v) is 4.93. The molecule has 1 fully saturated rings. The van der Waals surface area contributed by atoms with Gasteiger partial charge in [0.05, 0.1) is 24.0 Å². The third kappa shape index (κ3) is 4.85. The van der Waals surface area contributed by atoms with Crippen LogP contribution >= 0.6 is 0 Å². The summed E-state index contributed by atoms with van der Waals surface area (Å²) in [7, 11) is 0. The van der Waals surface area contributed by atoms with Gasteiger partial charge < -0.3 is 19.8 Å². The molecule has 1 aliphatic heterocycles. The highest BCUT2D eigenvalue weighted by atomic mass is 15.2. The van der Waals surface area contributed by atoms with Crippen molar-refractivity contribution in [1.82, 2.24) is 39.4 Å². The number of imidazole rings is 2. The van der Waals surface area contributed by atoms with E-state index in [4.69, 9.17) is 4.98 Å². The number of fused-ring (bicyclic) bond motifs is 2. The summed E-state index contributed by atoms with van der Waals surface area (Å²) in [6.45, 7) is 4.78. The highest BCUT2D eigenvalue weighted by Crippen LogP contribution is 2.24. The Balaban J connectivity index is 1.05. The highest BCUT2D eigenvalue weighted by molar-refractivity contribution is 5.76. The minimum atomic E-state index is 0.626. The molecule has 1 aliphatic rings. The first-order valence-corrected chi connectivity index (χ1v) is 12.3. The fourth-order valence-electron chi connectivity index (χ4n) is 4.93. The Morgan fingerprint density at radius 2 is 1.86 bits per heavy atom. The van der Waals surface area contributed by atoms with E-state index >= 15 is 0 Å². The number of H-pyrrole nitrogens is 1. The maximum absolute atomic E-state index is 4.96. The Bertz CT molecular complexity index is 1370. The molecule has 6 rings (SSSR count). The number of likely N-dealkylation sites (tertiary alicyclic amines) is 1. The number of hydrogen-bond donors (Lipinski definition) is 2. The van der Waals surface area contributed by atoms with Crippen molar-refractivity contribution in [2.45, 2.75) is 25.8 Å². The number of piperidine rings is 1. The summed E-state index contributed by atoms with van der Waals surface area (Å²) in [6.07, 6.45) is 10.6. The normalized spacial score (nSPS) is 15.2. The minimum absolute atomic E-state index is 0.626. The maximum atomic E-state index is 4.96. The largest absolute Gasteiger partial charge is 0.355 e. The van der Waals surface area contributed by atoms with Gasteiger partial charge in [0.15, 0.2) is 5.65 Å². The van der Waals surface area contributed by atoms with Crippen molar-refractivity contribution in [2.24, 2.45) is 5.92 Å². The fraction of sp³-hybridized carbons (Fsp3) is 0.346. The predicted molar refractivity (Wildman–Crippen MR) is 136 cm³/mol. The SMILES string of the molecule is c1ccc(Cn2c(CC3CCN(CCNc4nc5cnccc5[nH]4)CC3)nc3cccnc32)nc1. The van der Waals surface area contributed by atoms with E-state index in [9.17, 15) is 0 Å². The van der Waals surface area contributed by atoms with Gasteiger partial charge in [0, 0.05) is 38.1 Å². The molecule has 0 radical (unpaired) electrons. The Morgan fingerprint density at radius 3 is 2.71 bits per heavy atom. The first-order chi connectivity index (χ1) is 17.3. The molecule has 0 unspecified atom stereocenters. The van der Waals surface area contributed by atoms with Crippen LogP contribution in [0.1, 0.15) is 24.4 Å². The van der Waals surface area contributed by atoms with Gasteiger partial charge in [-0.3, -0.25) is 9.97 Å². The Morgan fingerprint density at radius 1 is 0.943 bits per heavy atom. The first-order valence-electron chi connectivity index (χ1n) is 12.3. The van der Waals surface area contributed by atoms with Crippen LogP contribution in [-0.4, -0.2) is 65.5 Å². The van der Waals surface area contributed by atoms with Gasteiger partial charge in [-0.25, -0.2) is 15.0 Å². The second-order valence-electron chi connectivity index (χ2n) is 9.18. The number of nitrogens with zero attached hydrogens (tertiary/aromatic N) is 7. The molecule has 5 aromatic heterocycles. The van der Waals surface area contributed by atoms with Crippen molar-refractivity contribution < 1.29 is 0 Å². The lowest BCUT2D eigenvalue weighted by atomic mass is 9.93. The number of pyridine rings is 3. The summed E-state index contributed by atoms with van der Waals surface area (Å²) in [5.41, 5.74) is 4.83. The van der Waals surface area contributed by atoms with Gasteiger partial charge in [-0.15, -0.1) is 0 Å². The van der Waals surface area contributed by atoms with Crippen LogP contribution in [0.25, 0.3) is 22.2 Å². The van der Waals surface area contributed by atoms with Gasteiger partial charge >= 0.3 is 0 Å². The summed E-state index contributed by atoms with van der Waals surface area (Å²) in [5.74, 6) is 2.55. The molecule has 0 aliphatic carbocycles. The number of hydrogen-bond acceptors (Lipinski definition) is 7. The second kappa shape index (κ2) is 9.79. The van der Waals surface area contributed by atoms with E-state index in [0.29, 0.717) is 12.5 Å². The Kier molecular flexibility index (Phi) is 6.06. The van der Waals surface area contributed by atoms with Crippen molar-refractivity contribution in [3.05, 3.63) is 72.7 Å². The van der Waals surface area contributed by atoms with Gasteiger partial charge in [-0.05, 0) is 62.2 Å². The molecule has 6 heterocycles. The van der Waals surface area contributed by atoms with Crippen LogP contribution in [0.15, 0.2) is 61.2 Å². The molecule has 2 N–H and O–H groups in total. The number of aromatic amines is 1. The molecule has 9 heteroatoms. The van der Waals surface area contributed by atoms with E-state index in [2.05, 4.69) is 51.8 Å². The highest BCUT2D eigenvalue weighted by Gasteiger charge is 2.22. The number of anilines is 1. The smallest absolute Gasteiger partial charge is 0.201 e. The lowest BCUT2D eigenvalue weighted by Crippen LogP contribution is -2.37.